The van der Waals surface area contributed by atoms with Crippen molar-refractivity contribution >= 4 is 21.6 Å². The fourth-order valence-corrected chi connectivity index (χ4v) is 3.95. The number of hydrogen-bond donors (Lipinski definition) is 1. The predicted molar refractivity (Wildman–Crippen MR) is 125 cm³/mol. The minimum atomic E-state index is -3.68. The van der Waals surface area contributed by atoms with E-state index < -0.39 is 15.9 Å². The van der Waals surface area contributed by atoms with Gasteiger partial charge in [-0.15, -0.1) is 0 Å². The van der Waals surface area contributed by atoms with Crippen molar-refractivity contribution < 1.29 is 22.7 Å². The number of ether oxygens (including phenoxy) is 2. The van der Waals surface area contributed by atoms with E-state index in [-0.39, 0.29) is 12.6 Å². The van der Waals surface area contributed by atoms with Gasteiger partial charge in [0.05, 0.1) is 25.1 Å². The van der Waals surface area contributed by atoms with Crippen LogP contribution in [0.25, 0.3) is 0 Å². The molecule has 0 saturated heterocycles. The van der Waals surface area contributed by atoms with E-state index in [2.05, 4.69) is 5.32 Å². The Morgan fingerprint density at radius 3 is 2.03 bits per heavy atom. The molecule has 0 saturated carbocycles. The lowest BCUT2D eigenvalue weighted by Crippen LogP contribution is -2.41. The van der Waals surface area contributed by atoms with Gasteiger partial charge in [0, 0.05) is 0 Å². The van der Waals surface area contributed by atoms with E-state index in [1.807, 2.05) is 49.4 Å². The normalized spacial score (nSPS) is 12.0. The van der Waals surface area contributed by atoms with Crippen LogP contribution in [-0.2, 0) is 14.8 Å². The maximum Gasteiger partial charge on any atom is 0.241 e. The molecule has 0 fully saturated rings. The smallest absolute Gasteiger partial charge is 0.241 e. The minimum Gasteiger partial charge on any atom is -0.497 e. The lowest BCUT2D eigenvalue weighted by atomic mass is 10.1. The molecule has 0 radical (unpaired) electrons. The molecule has 1 atom stereocenters. The summed E-state index contributed by atoms with van der Waals surface area (Å²) in [6, 6.07) is 22.8. The Morgan fingerprint density at radius 2 is 1.47 bits per heavy atom. The molecule has 1 amide bonds. The molecule has 0 heterocycles. The number of sulfonamides is 1. The monoisotopic (exact) mass is 454 g/mol. The second kappa shape index (κ2) is 10.2. The molecular weight excluding hydrogens is 428 g/mol. The maximum absolute atomic E-state index is 12.6. The van der Waals surface area contributed by atoms with Gasteiger partial charge in [-0.3, -0.25) is 9.10 Å². The molecular formula is C24H26N2O5S. The van der Waals surface area contributed by atoms with E-state index in [0.29, 0.717) is 17.2 Å². The highest BCUT2D eigenvalue weighted by Crippen LogP contribution is 2.25. The van der Waals surface area contributed by atoms with Gasteiger partial charge in [0.15, 0.2) is 0 Å². The highest BCUT2D eigenvalue weighted by molar-refractivity contribution is 7.92. The first kappa shape index (κ1) is 23.1. The Balaban J connectivity index is 1.68. The first-order valence-electron chi connectivity index (χ1n) is 10.0. The highest BCUT2D eigenvalue weighted by atomic mass is 32.2. The van der Waals surface area contributed by atoms with Crippen LogP contribution in [0.2, 0.25) is 0 Å². The lowest BCUT2D eigenvalue weighted by molar-refractivity contribution is -0.120. The molecule has 0 aliphatic carbocycles. The molecule has 0 aliphatic rings. The topological polar surface area (TPSA) is 84.9 Å². The predicted octanol–water partition coefficient (Wildman–Crippen LogP) is 4.13. The molecule has 0 unspecified atom stereocenters. The van der Waals surface area contributed by atoms with Crippen molar-refractivity contribution in [3.8, 4) is 17.2 Å². The van der Waals surface area contributed by atoms with Gasteiger partial charge in [-0.1, -0.05) is 30.3 Å². The molecule has 7 nitrogen and oxygen atoms in total. The number of benzene rings is 3. The zero-order chi connectivity index (χ0) is 23.1. The van der Waals surface area contributed by atoms with Crippen LogP contribution in [0, 0.1) is 0 Å². The number of carbonyl (C=O) groups excluding carboxylic acids is 1. The van der Waals surface area contributed by atoms with Gasteiger partial charge in [0.2, 0.25) is 15.9 Å². The summed E-state index contributed by atoms with van der Waals surface area (Å²) >= 11 is 0. The number of para-hydroxylation sites is 1. The van der Waals surface area contributed by atoms with Gasteiger partial charge >= 0.3 is 0 Å². The summed E-state index contributed by atoms with van der Waals surface area (Å²) in [5, 5.41) is 2.84. The van der Waals surface area contributed by atoms with E-state index >= 15 is 0 Å². The zero-order valence-corrected chi connectivity index (χ0v) is 19.0. The molecule has 0 bridgehead atoms. The van der Waals surface area contributed by atoms with E-state index in [1.54, 1.807) is 43.5 Å². The molecule has 1 N–H and O–H groups in total. The largest absolute Gasteiger partial charge is 0.497 e. The number of hydrogen-bond acceptors (Lipinski definition) is 5. The van der Waals surface area contributed by atoms with Crippen molar-refractivity contribution in [1.82, 2.24) is 5.32 Å². The van der Waals surface area contributed by atoms with Crippen LogP contribution in [0.15, 0.2) is 78.9 Å². The third-order valence-corrected chi connectivity index (χ3v) is 5.93. The number of methoxy groups -OCH3 is 1. The second-order valence-corrected chi connectivity index (χ2v) is 9.15. The van der Waals surface area contributed by atoms with Crippen LogP contribution in [0.1, 0.15) is 18.5 Å². The number of anilines is 1. The average Bonchev–Trinajstić information content (AvgIpc) is 2.78. The molecule has 32 heavy (non-hydrogen) atoms. The summed E-state index contributed by atoms with van der Waals surface area (Å²) in [6.45, 7) is 1.50. The molecule has 0 spiro atoms. The minimum absolute atomic E-state index is 0.295. The van der Waals surface area contributed by atoms with Gasteiger partial charge in [-0.2, -0.15) is 0 Å². The highest BCUT2D eigenvalue weighted by Gasteiger charge is 2.22. The van der Waals surface area contributed by atoms with Crippen LogP contribution in [0.3, 0.4) is 0 Å². The lowest BCUT2D eigenvalue weighted by Gasteiger charge is -2.23. The number of rotatable bonds is 9. The first-order valence-corrected chi connectivity index (χ1v) is 11.8. The van der Waals surface area contributed by atoms with Crippen LogP contribution in [0.4, 0.5) is 5.69 Å². The van der Waals surface area contributed by atoms with Gasteiger partial charge in [0.1, 0.15) is 23.8 Å². The van der Waals surface area contributed by atoms with Crippen LogP contribution >= 0.6 is 0 Å². The van der Waals surface area contributed by atoms with E-state index in [9.17, 15) is 13.2 Å². The maximum atomic E-state index is 12.6. The molecule has 0 aromatic heterocycles. The van der Waals surface area contributed by atoms with Crippen molar-refractivity contribution in [3.05, 3.63) is 84.4 Å². The van der Waals surface area contributed by atoms with Crippen molar-refractivity contribution in [2.45, 2.75) is 13.0 Å². The average molecular weight is 455 g/mol. The third-order valence-electron chi connectivity index (χ3n) is 4.78. The molecule has 3 rings (SSSR count). The quantitative estimate of drug-likeness (QED) is 0.526. The first-order chi connectivity index (χ1) is 15.3. The summed E-state index contributed by atoms with van der Waals surface area (Å²) in [6.07, 6.45) is 1.07. The fourth-order valence-electron chi connectivity index (χ4n) is 3.10. The zero-order valence-electron chi connectivity index (χ0n) is 18.2. The Bertz CT molecular complexity index is 1130. The van der Waals surface area contributed by atoms with Crippen LogP contribution in [0.5, 0.6) is 17.2 Å². The van der Waals surface area contributed by atoms with Crippen molar-refractivity contribution in [3.63, 3.8) is 0 Å². The Kier molecular flexibility index (Phi) is 7.37. The standard InChI is InChI=1S/C24H26N2O5S/c1-18(19-9-13-21(30-2)14-10-19)25-24(27)17-26(32(3,28)29)20-11-15-23(16-12-20)31-22-7-5-4-6-8-22/h4-16,18H,17H2,1-3H3,(H,25,27)/t18-/m0/s1. The summed E-state index contributed by atoms with van der Waals surface area (Å²) < 4.78 is 36.7. The van der Waals surface area contributed by atoms with Crippen molar-refractivity contribution in [2.75, 3.05) is 24.2 Å². The molecule has 8 heteroatoms. The van der Waals surface area contributed by atoms with E-state index in [0.717, 1.165) is 21.9 Å². The van der Waals surface area contributed by atoms with Gasteiger partial charge < -0.3 is 14.8 Å². The van der Waals surface area contributed by atoms with E-state index in [1.165, 1.54) is 0 Å². The fraction of sp³-hybridized carbons (Fsp3) is 0.208. The number of amides is 1. The summed E-state index contributed by atoms with van der Waals surface area (Å²) in [4.78, 5) is 12.6. The van der Waals surface area contributed by atoms with Crippen LogP contribution in [-0.4, -0.2) is 34.2 Å². The molecule has 168 valence electrons. The van der Waals surface area contributed by atoms with Gasteiger partial charge in [-0.05, 0) is 61.0 Å². The Hall–Kier alpha value is -3.52. The van der Waals surface area contributed by atoms with Crippen molar-refractivity contribution in [1.29, 1.82) is 0 Å². The number of carbonyl (C=O) groups is 1. The Labute approximate surface area is 188 Å². The van der Waals surface area contributed by atoms with Gasteiger partial charge in [0.25, 0.3) is 0 Å². The molecule has 3 aromatic carbocycles. The third kappa shape index (κ3) is 6.24. The SMILES string of the molecule is COc1ccc([C@H](C)NC(=O)CN(c2ccc(Oc3ccccc3)cc2)S(C)(=O)=O)cc1. The van der Waals surface area contributed by atoms with Crippen molar-refractivity contribution in [2.24, 2.45) is 0 Å². The molecule has 3 aromatic rings. The number of nitrogens with zero attached hydrogens (tertiary/aromatic N) is 1. The summed E-state index contributed by atoms with van der Waals surface area (Å²) in [5.41, 5.74) is 1.26. The second-order valence-electron chi connectivity index (χ2n) is 7.24. The number of nitrogens with one attached hydrogen (secondary N) is 1. The Morgan fingerprint density at radius 1 is 0.906 bits per heavy atom. The summed E-state index contributed by atoms with van der Waals surface area (Å²) in [7, 11) is -2.10. The summed E-state index contributed by atoms with van der Waals surface area (Å²) in [5.74, 6) is 1.54. The molecule has 0 aliphatic heterocycles. The van der Waals surface area contributed by atoms with E-state index in [4.69, 9.17) is 9.47 Å². The van der Waals surface area contributed by atoms with Crippen LogP contribution < -0.4 is 19.1 Å². The van der Waals surface area contributed by atoms with Gasteiger partial charge in [-0.25, -0.2) is 8.42 Å².